The standard InChI is InChI=1S/C23H26N6O3/c1-15-4-2-5-16(12-15)14-24-28-23-26-18-13-19(22(30)25-17-6-3-7-17)32-20(18)21(27-23)29-8-10-31-11-9-29/h2,4-5,12-14,17H,3,6-11H2,1H3,(H,25,30)(H,26,27,28)/b24-14+. The van der Waals surface area contributed by atoms with Crippen molar-refractivity contribution in [1.82, 2.24) is 15.3 Å². The smallest absolute Gasteiger partial charge is 0.287 e. The second-order valence-corrected chi connectivity index (χ2v) is 8.18. The van der Waals surface area contributed by atoms with Crippen LogP contribution in [-0.2, 0) is 4.74 Å². The zero-order valence-electron chi connectivity index (χ0n) is 18.0. The lowest BCUT2D eigenvalue weighted by atomic mass is 9.93. The molecule has 0 spiro atoms. The molecular weight excluding hydrogens is 408 g/mol. The molecule has 2 aliphatic rings. The van der Waals surface area contributed by atoms with E-state index in [0.717, 1.165) is 30.4 Å². The van der Waals surface area contributed by atoms with Crippen LogP contribution >= 0.6 is 0 Å². The lowest BCUT2D eigenvalue weighted by molar-refractivity contribution is 0.0890. The Bertz CT molecular complexity index is 1150. The first-order valence-corrected chi connectivity index (χ1v) is 11.0. The predicted molar refractivity (Wildman–Crippen MR) is 122 cm³/mol. The number of hydrogen-bond acceptors (Lipinski definition) is 8. The maximum atomic E-state index is 12.6. The number of anilines is 2. The number of rotatable bonds is 6. The fraction of sp³-hybridized carbons (Fsp3) is 0.391. The minimum Gasteiger partial charge on any atom is -0.445 e. The van der Waals surface area contributed by atoms with Gasteiger partial charge in [-0.3, -0.25) is 4.79 Å². The van der Waals surface area contributed by atoms with Crippen LogP contribution in [0.4, 0.5) is 11.8 Å². The van der Waals surface area contributed by atoms with E-state index >= 15 is 0 Å². The van der Waals surface area contributed by atoms with Gasteiger partial charge in [0.15, 0.2) is 17.2 Å². The van der Waals surface area contributed by atoms with E-state index < -0.39 is 0 Å². The summed E-state index contributed by atoms with van der Waals surface area (Å²) in [6, 6.07) is 9.94. The topological polar surface area (TPSA) is 105 Å². The molecule has 9 heteroatoms. The van der Waals surface area contributed by atoms with E-state index in [1.54, 1.807) is 12.3 Å². The summed E-state index contributed by atoms with van der Waals surface area (Å²) in [7, 11) is 0. The van der Waals surface area contributed by atoms with E-state index in [4.69, 9.17) is 9.15 Å². The third-order valence-corrected chi connectivity index (χ3v) is 5.75. The fourth-order valence-corrected chi connectivity index (χ4v) is 3.79. The number of nitrogens with one attached hydrogen (secondary N) is 2. The molecule has 2 fully saturated rings. The number of carbonyl (C=O) groups is 1. The summed E-state index contributed by atoms with van der Waals surface area (Å²) in [5.41, 5.74) is 6.12. The molecule has 1 saturated heterocycles. The molecule has 1 aromatic carbocycles. The highest BCUT2D eigenvalue weighted by molar-refractivity contribution is 5.97. The fourth-order valence-electron chi connectivity index (χ4n) is 3.79. The van der Waals surface area contributed by atoms with Gasteiger partial charge in [0.2, 0.25) is 5.95 Å². The third kappa shape index (κ3) is 4.43. The highest BCUT2D eigenvalue weighted by atomic mass is 16.5. The number of nitrogens with zero attached hydrogens (tertiary/aromatic N) is 4. The summed E-state index contributed by atoms with van der Waals surface area (Å²) in [5, 5.41) is 7.30. The van der Waals surface area contributed by atoms with Crippen molar-refractivity contribution in [2.75, 3.05) is 36.6 Å². The van der Waals surface area contributed by atoms with Crippen LogP contribution in [0.5, 0.6) is 0 Å². The molecule has 1 saturated carbocycles. The van der Waals surface area contributed by atoms with Crippen LogP contribution < -0.4 is 15.6 Å². The predicted octanol–water partition coefficient (Wildman–Crippen LogP) is 3.10. The summed E-state index contributed by atoms with van der Waals surface area (Å²) >= 11 is 0. The Morgan fingerprint density at radius 3 is 2.81 bits per heavy atom. The molecule has 0 radical (unpaired) electrons. The summed E-state index contributed by atoms with van der Waals surface area (Å²) < 4.78 is 11.4. The minimum atomic E-state index is -0.215. The van der Waals surface area contributed by atoms with Crippen LogP contribution in [0.15, 0.2) is 39.9 Å². The molecule has 2 aromatic heterocycles. The van der Waals surface area contributed by atoms with E-state index in [0.29, 0.717) is 49.2 Å². The average Bonchev–Trinajstić information content (AvgIpc) is 3.21. The molecule has 32 heavy (non-hydrogen) atoms. The number of fused-ring (bicyclic) bond motifs is 1. The van der Waals surface area contributed by atoms with E-state index in [1.807, 2.05) is 31.2 Å². The number of hydrazone groups is 1. The van der Waals surface area contributed by atoms with E-state index in [-0.39, 0.29) is 17.7 Å². The maximum Gasteiger partial charge on any atom is 0.287 e. The van der Waals surface area contributed by atoms with E-state index in [2.05, 4.69) is 30.7 Å². The Morgan fingerprint density at radius 1 is 1.22 bits per heavy atom. The van der Waals surface area contributed by atoms with E-state index in [1.165, 1.54) is 0 Å². The van der Waals surface area contributed by atoms with Crippen molar-refractivity contribution in [2.45, 2.75) is 32.2 Å². The van der Waals surface area contributed by atoms with Crippen molar-refractivity contribution < 1.29 is 13.9 Å². The Hall–Kier alpha value is -3.46. The number of aryl methyl sites for hydroxylation is 1. The number of morpholine rings is 1. The first-order chi connectivity index (χ1) is 15.7. The number of furan rings is 1. The van der Waals surface area contributed by atoms with E-state index in [9.17, 15) is 4.79 Å². The van der Waals surface area contributed by atoms with Crippen molar-refractivity contribution in [3.8, 4) is 0 Å². The Kier molecular flexibility index (Phi) is 5.72. The van der Waals surface area contributed by atoms with Crippen LogP contribution in [0.25, 0.3) is 11.1 Å². The van der Waals surface area contributed by atoms with Crippen molar-refractivity contribution in [3.63, 3.8) is 0 Å². The Morgan fingerprint density at radius 2 is 2.06 bits per heavy atom. The molecule has 0 unspecified atom stereocenters. The molecule has 2 N–H and O–H groups in total. The highest BCUT2D eigenvalue weighted by Gasteiger charge is 2.25. The van der Waals surface area contributed by atoms with Crippen LogP contribution in [0.2, 0.25) is 0 Å². The van der Waals surface area contributed by atoms with Gasteiger partial charge in [-0.25, -0.2) is 10.4 Å². The monoisotopic (exact) mass is 434 g/mol. The highest BCUT2D eigenvalue weighted by Crippen LogP contribution is 2.29. The van der Waals surface area contributed by atoms with Crippen molar-refractivity contribution in [1.29, 1.82) is 0 Å². The van der Waals surface area contributed by atoms with Gasteiger partial charge in [-0.1, -0.05) is 29.8 Å². The molecule has 1 amide bonds. The quantitative estimate of drug-likeness (QED) is 0.454. The molecule has 0 bridgehead atoms. The summed E-state index contributed by atoms with van der Waals surface area (Å²) in [6.45, 7) is 4.61. The van der Waals surface area contributed by atoms with Gasteiger partial charge in [0.05, 0.1) is 19.4 Å². The van der Waals surface area contributed by atoms with Crippen molar-refractivity contribution in [3.05, 3.63) is 47.2 Å². The zero-order chi connectivity index (χ0) is 21.9. The molecule has 9 nitrogen and oxygen atoms in total. The number of carbonyl (C=O) groups excluding carboxylic acids is 1. The van der Waals surface area contributed by atoms with Gasteiger partial charge in [0.1, 0.15) is 5.52 Å². The number of ether oxygens (including phenoxy) is 1. The first-order valence-electron chi connectivity index (χ1n) is 11.0. The summed E-state index contributed by atoms with van der Waals surface area (Å²) in [5.74, 6) is 1.01. The average molecular weight is 435 g/mol. The lowest BCUT2D eigenvalue weighted by Crippen LogP contribution is -2.39. The molecule has 3 aromatic rings. The van der Waals surface area contributed by atoms with Gasteiger partial charge in [-0.2, -0.15) is 10.1 Å². The second kappa shape index (κ2) is 8.96. The molecule has 5 rings (SSSR count). The third-order valence-electron chi connectivity index (χ3n) is 5.75. The summed E-state index contributed by atoms with van der Waals surface area (Å²) in [4.78, 5) is 23.9. The Balaban J connectivity index is 1.43. The molecule has 0 atom stereocenters. The largest absolute Gasteiger partial charge is 0.445 e. The van der Waals surface area contributed by atoms with Gasteiger partial charge >= 0.3 is 0 Å². The second-order valence-electron chi connectivity index (χ2n) is 8.18. The minimum absolute atomic E-state index is 0.215. The number of amides is 1. The number of hydrogen-bond donors (Lipinski definition) is 2. The van der Waals surface area contributed by atoms with Gasteiger partial charge in [0, 0.05) is 25.2 Å². The molecule has 1 aliphatic heterocycles. The van der Waals surface area contributed by atoms with Crippen LogP contribution in [-0.4, -0.2) is 54.4 Å². The van der Waals surface area contributed by atoms with Crippen molar-refractivity contribution in [2.24, 2.45) is 5.10 Å². The number of benzene rings is 1. The van der Waals surface area contributed by atoms with Crippen LogP contribution in [0.1, 0.15) is 40.9 Å². The van der Waals surface area contributed by atoms with Gasteiger partial charge < -0.3 is 19.4 Å². The van der Waals surface area contributed by atoms with Crippen molar-refractivity contribution >= 4 is 35.0 Å². The van der Waals surface area contributed by atoms with Crippen LogP contribution in [0.3, 0.4) is 0 Å². The molecular formula is C23H26N6O3. The van der Waals surface area contributed by atoms with Gasteiger partial charge in [-0.15, -0.1) is 0 Å². The SMILES string of the molecule is Cc1cccc(/C=N/Nc2nc(N3CCOCC3)c3oc(C(=O)NC4CCC4)cc3n2)c1. The first kappa shape index (κ1) is 20.4. The molecule has 166 valence electrons. The maximum absolute atomic E-state index is 12.6. The van der Waals surface area contributed by atoms with Gasteiger partial charge in [-0.05, 0) is 31.7 Å². The number of aromatic nitrogens is 2. The zero-order valence-corrected chi connectivity index (χ0v) is 18.0. The lowest BCUT2D eigenvalue weighted by Gasteiger charge is -2.27. The Labute approximate surface area is 185 Å². The van der Waals surface area contributed by atoms with Crippen LogP contribution in [0, 0.1) is 6.92 Å². The summed E-state index contributed by atoms with van der Waals surface area (Å²) in [6.07, 6.45) is 4.90. The molecule has 3 heterocycles. The molecule has 1 aliphatic carbocycles. The van der Waals surface area contributed by atoms with Gasteiger partial charge in [0.25, 0.3) is 5.91 Å². The normalized spacial score (nSPS) is 17.0.